The lowest BCUT2D eigenvalue weighted by Gasteiger charge is -2.25. The molecule has 100 valence electrons. The maximum absolute atomic E-state index is 11.7. The molecule has 0 atom stereocenters. The Bertz CT molecular complexity index is 447. The van der Waals surface area contributed by atoms with Crippen molar-refractivity contribution in [3.8, 4) is 0 Å². The van der Waals surface area contributed by atoms with Crippen LogP contribution in [-0.2, 0) is 9.59 Å². The number of anilines is 1. The molecule has 0 bridgehead atoms. The fraction of sp³-hybridized carbons (Fsp3) is 0.545. The third-order valence-electron chi connectivity index (χ3n) is 2.17. The monoisotopic (exact) mass is 254 g/mol. The fourth-order valence-electron chi connectivity index (χ4n) is 1.39. The average molecular weight is 254 g/mol. The van der Waals surface area contributed by atoms with E-state index in [1.165, 1.54) is 11.9 Å². The molecule has 0 unspecified atom stereocenters. The van der Waals surface area contributed by atoms with Crippen LogP contribution in [0.15, 0.2) is 10.6 Å². The van der Waals surface area contributed by atoms with Gasteiger partial charge in [-0.15, -0.1) is 0 Å². The maximum Gasteiger partial charge on any atom is 0.245 e. The third-order valence-corrected chi connectivity index (χ3v) is 2.17. The van der Waals surface area contributed by atoms with Crippen molar-refractivity contribution < 1.29 is 14.1 Å². The van der Waals surface area contributed by atoms with Crippen molar-refractivity contribution in [2.75, 3.05) is 18.9 Å². The van der Waals surface area contributed by atoms with Crippen molar-refractivity contribution in [1.29, 1.82) is 0 Å². The van der Waals surface area contributed by atoms with Crippen molar-refractivity contribution in [1.82, 2.24) is 10.1 Å². The normalized spacial score (nSPS) is 11.2. The van der Waals surface area contributed by atoms with Gasteiger partial charge in [0.2, 0.25) is 11.8 Å². The standard InChI is InChI=1S/C11H18N4O3/c1-7-5-8(14-18-7)13-9(16)6-15(4)10(17)11(2,3)12/h5H,6,12H2,1-4H3,(H,13,14,16). The Morgan fingerprint density at radius 1 is 1.56 bits per heavy atom. The van der Waals surface area contributed by atoms with Gasteiger partial charge in [-0.25, -0.2) is 0 Å². The van der Waals surface area contributed by atoms with Crippen molar-refractivity contribution in [2.24, 2.45) is 5.73 Å². The molecule has 0 saturated heterocycles. The molecule has 2 amide bonds. The summed E-state index contributed by atoms with van der Waals surface area (Å²) in [5.74, 6) is 0.251. The Hall–Kier alpha value is -1.89. The van der Waals surface area contributed by atoms with Gasteiger partial charge >= 0.3 is 0 Å². The van der Waals surface area contributed by atoms with Crippen LogP contribution in [0.3, 0.4) is 0 Å². The van der Waals surface area contributed by atoms with Gasteiger partial charge in [-0.1, -0.05) is 5.16 Å². The summed E-state index contributed by atoms with van der Waals surface area (Å²) in [6, 6.07) is 1.59. The smallest absolute Gasteiger partial charge is 0.245 e. The summed E-state index contributed by atoms with van der Waals surface area (Å²) >= 11 is 0. The summed E-state index contributed by atoms with van der Waals surface area (Å²) in [5, 5.41) is 6.14. The Kier molecular flexibility index (Phi) is 4.07. The molecule has 0 saturated carbocycles. The second-order valence-corrected chi connectivity index (χ2v) is 4.75. The molecule has 1 heterocycles. The lowest BCUT2D eigenvalue weighted by Crippen LogP contribution is -2.51. The molecular formula is C11H18N4O3. The largest absolute Gasteiger partial charge is 0.360 e. The van der Waals surface area contributed by atoms with E-state index in [4.69, 9.17) is 10.3 Å². The Morgan fingerprint density at radius 3 is 2.61 bits per heavy atom. The first kappa shape index (κ1) is 14.2. The zero-order valence-electron chi connectivity index (χ0n) is 11.0. The number of hydrogen-bond acceptors (Lipinski definition) is 5. The Morgan fingerprint density at radius 2 is 2.17 bits per heavy atom. The molecule has 3 N–H and O–H groups in total. The van der Waals surface area contributed by atoms with Gasteiger partial charge in [-0.3, -0.25) is 9.59 Å². The molecule has 0 spiro atoms. The summed E-state index contributed by atoms with van der Waals surface area (Å²) < 4.78 is 4.81. The van der Waals surface area contributed by atoms with Crippen LogP contribution in [0.4, 0.5) is 5.82 Å². The number of hydrogen-bond donors (Lipinski definition) is 2. The lowest BCUT2D eigenvalue weighted by atomic mass is 10.1. The van der Waals surface area contributed by atoms with Crippen LogP contribution in [0.5, 0.6) is 0 Å². The van der Waals surface area contributed by atoms with Crippen LogP contribution in [-0.4, -0.2) is 41.0 Å². The number of nitrogens with one attached hydrogen (secondary N) is 1. The van der Waals surface area contributed by atoms with E-state index in [9.17, 15) is 9.59 Å². The molecule has 0 aliphatic rings. The average Bonchev–Trinajstić information content (AvgIpc) is 2.61. The molecule has 0 aliphatic heterocycles. The number of amides is 2. The van der Waals surface area contributed by atoms with Crippen molar-refractivity contribution in [3.63, 3.8) is 0 Å². The molecule has 1 rings (SSSR count). The van der Waals surface area contributed by atoms with Gasteiger partial charge in [0.15, 0.2) is 5.82 Å². The van der Waals surface area contributed by atoms with Gasteiger partial charge in [0, 0.05) is 13.1 Å². The SMILES string of the molecule is Cc1cc(NC(=O)CN(C)C(=O)C(C)(C)N)no1. The van der Waals surface area contributed by atoms with Gasteiger partial charge in [0.25, 0.3) is 0 Å². The van der Waals surface area contributed by atoms with E-state index in [2.05, 4.69) is 10.5 Å². The fourth-order valence-corrected chi connectivity index (χ4v) is 1.39. The zero-order valence-corrected chi connectivity index (χ0v) is 11.0. The highest BCUT2D eigenvalue weighted by Crippen LogP contribution is 2.07. The van der Waals surface area contributed by atoms with Gasteiger partial charge < -0.3 is 20.5 Å². The van der Waals surface area contributed by atoms with Crippen LogP contribution in [0.1, 0.15) is 19.6 Å². The second kappa shape index (κ2) is 5.18. The molecule has 0 aliphatic carbocycles. The Balaban J connectivity index is 2.53. The highest BCUT2D eigenvalue weighted by atomic mass is 16.5. The molecule has 0 aromatic carbocycles. The van der Waals surface area contributed by atoms with Crippen molar-refractivity contribution >= 4 is 17.6 Å². The number of carbonyl (C=O) groups excluding carboxylic acids is 2. The number of nitrogens with two attached hydrogens (primary N) is 1. The van der Waals surface area contributed by atoms with E-state index in [1.807, 2.05) is 0 Å². The molecule has 18 heavy (non-hydrogen) atoms. The predicted molar refractivity (Wildman–Crippen MR) is 65.8 cm³/mol. The van der Waals surface area contributed by atoms with E-state index in [0.29, 0.717) is 11.6 Å². The van der Waals surface area contributed by atoms with Crippen LogP contribution in [0.25, 0.3) is 0 Å². The topological polar surface area (TPSA) is 101 Å². The van der Waals surface area contributed by atoms with E-state index >= 15 is 0 Å². The van der Waals surface area contributed by atoms with Crippen LogP contribution in [0, 0.1) is 6.92 Å². The maximum atomic E-state index is 11.7. The summed E-state index contributed by atoms with van der Waals surface area (Å²) in [6.07, 6.45) is 0. The molecule has 7 nitrogen and oxygen atoms in total. The highest BCUT2D eigenvalue weighted by Gasteiger charge is 2.26. The van der Waals surface area contributed by atoms with Crippen molar-refractivity contribution in [2.45, 2.75) is 26.3 Å². The van der Waals surface area contributed by atoms with E-state index in [1.54, 1.807) is 26.8 Å². The summed E-state index contributed by atoms with van der Waals surface area (Å²) in [7, 11) is 1.52. The third kappa shape index (κ3) is 3.85. The number of aromatic nitrogens is 1. The molecule has 7 heteroatoms. The first-order chi connectivity index (χ1) is 8.20. The number of aryl methyl sites for hydroxylation is 1. The van der Waals surface area contributed by atoms with Crippen LogP contribution >= 0.6 is 0 Å². The minimum absolute atomic E-state index is 0.0919. The number of nitrogens with zero attached hydrogens (tertiary/aromatic N) is 2. The number of carbonyl (C=O) groups is 2. The Labute approximate surface area is 105 Å². The van der Waals surface area contributed by atoms with Gasteiger partial charge in [0.05, 0.1) is 12.1 Å². The second-order valence-electron chi connectivity index (χ2n) is 4.75. The quantitative estimate of drug-likeness (QED) is 0.794. The minimum atomic E-state index is -1.00. The zero-order chi connectivity index (χ0) is 13.9. The van der Waals surface area contributed by atoms with E-state index in [0.717, 1.165) is 0 Å². The van der Waals surface area contributed by atoms with Gasteiger partial charge in [-0.2, -0.15) is 0 Å². The van der Waals surface area contributed by atoms with Crippen LogP contribution in [0.2, 0.25) is 0 Å². The number of rotatable bonds is 4. The number of likely N-dealkylation sites (N-methyl/N-ethyl adjacent to an activating group) is 1. The van der Waals surface area contributed by atoms with Gasteiger partial charge in [-0.05, 0) is 20.8 Å². The minimum Gasteiger partial charge on any atom is -0.360 e. The molecule has 0 fully saturated rings. The highest BCUT2D eigenvalue weighted by molar-refractivity contribution is 5.95. The molecule has 1 aromatic rings. The van der Waals surface area contributed by atoms with E-state index < -0.39 is 5.54 Å². The predicted octanol–water partition coefficient (Wildman–Crippen LogP) is 0.117. The lowest BCUT2D eigenvalue weighted by molar-refractivity contribution is -0.137. The van der Waals surface area contributed by atoms with Crippen molar-refractivity contribution in [3.05, 3.63) is 11.8 Å². The van der Waals surface area contributed by atoms with Gasteiger partial charge in [0.1, 0.15) is 5.76 Å². The first-order valence-electron chi connectivity index (χ1n) is 5.48. The summed E-state index contributed by atoms with van der Waals surface area (Å²) in [6.45, 7) is 4.80. The summed E-state index contributed by atoms with van der Waals surface area (Å²) in [4.78, 5) is 24.6. The molecular weight excluding hydrogens is 236 g/mol. The van der Waals surface area contributed by atoms with Crippen LogP contribution < -0.4 is 11.1 Å². The van der Waals surface area contributed by atoms with E-state index in [-0.39, 0.29) is 18.4 Å². The molecule has 1 aromatic heterocycles. The molecule has 0 radical (unpaired) electrons. The first-order valence-corrected chi connectivity index (χ1v) is 5.48. The summed E-state index contributed by atoms with van der Waals surface area (Å²) in [5.41, 5.74) is 4.66.